The van der Waals surface area contributed by atoms with Crippen molar-refractivity contribution in [2.45, 2.75) is 39.3 Å². The Kier molecular flexibility index (Phi) is 4.87. The van der Waals surface area contributed by atoms with Gasteiger partial charge in [0.1, 0.15) is 6.07 Å². The lowest BCUT2D eigenvalue weighted by atomic mass is 10.1. The molecule has 2 N–H and O–H groups in total. The van der Waals surface area contributed by atoms with Crippen molar-refractivity contribution >= 4 is 5.69 Å². The summed E-state index contributed by atoms with van der Waals surface area (Å²) in [6.07, 6.45) is 0.746. The van der Waals surface area contributed by atoms with Crippen molar-refractivity contribution in [2.24, 2.45) is 5.92 Å². The Morgan fingerprint density at radius 2 is 2.24 bits per heavy atom. The van der Waals surface area contributed by atoms with Gasteiger partial charge in [-0.15, -0.1) is 0 Å². The molecule has 4 heteroatoms. The molecule has 1 fully saturated rings. The highest BCUT2D eigenvalue weighted by atomic mass is 16.3. The van der Waals surface area contributed by atoms with Gasteiger partial charge >= 0.3 is 0 Å². The van der Waals surface area contributed by atoms with Gasteiger partial charge in [-0.05, 0) is 43.5 Å². The third-order valence-corrected chi connectivity index (χ3v) is 3.86. The van der Waals surface area contributed by atoms with Crippen LogP contribution in [0.25, 0.3) is 0 Å². The van der Waals surface area contributed by atoms with Crippen LogP contribution >= 0.6 is 0 Å². The van der Waals surface area contributed by atoms with E-state index >= 15 is 0 Å². The van der Waals surface area contributed by atoms with Crippen LogP contribution in [0.3, 0.4) is 0 Å². The molecule has 21 heavy (non-hydrogen) atoms. The summed E-state index contributed by atoms with van der Waals surface area (Å²) < 4.78 is 0. The number of benzene rings is 1. The molecule has 1 aromatic rings. The fourth-order valence-electron chi connectivity index (χ4n) is 2.71. The van der Waals surface area contributed by atoms with Gasteiger partial charge in [0, 0.05) is 19.6 Å². The van der Waals surface area contributed by atoms with Crippen LogP contribution in [-0.2, 0) is 6.54 Å². The van der Waals surface area contributed by atoms with Crippen molar-refractivity contribution in [3.05, 3.63) is 29.3 Å². The number of nitriles is 1. The molecule has 0 bridgehead atoms. The summed E-state index contributed by atoms with van der Waals surface area (Å²) in [6.45, 7) is 9.35. The highest BCUT2D eigenvalue weighted by Crippen LogP contribution is 2.29. The molecule has 0 amide bonds. The number of nitrogens with zero attached hydrogens (tertiary/aromatic N) is 2. The summed E-state index contributed by atoms with van der Waals surface area (Å²) >= 11 is 0. The molecule has 1 aliphatic rings. The van der Waals surface area contributed by atoms with Gasteiger partial charge in [-0.1, -0.05) is 19.9 Å². The maximum Gasteiger partial charge on any atom is 0.101 e. The van der Waals surface area contributed by atoms with Crippen molar-refractivity contribution in [1.82, 2.24) is 5.32 Å². The number of anilines is 1. The van der Waals surface area contributed by atoms with E-state index in [-0.39, 0.29) is 0 Å². The van der Waals surface area contributed by atoms with Crippen LogP contribution in [0.5, 0.6) is 0 Å². The summed E-state index contributed by atoms with van der Waals surface area (Å²) in [5.41, 5.74) is 2.10. The number of β-amino-alcohol motifs (C(OH)–C–C–N with tert-alkyl or cyclic N) is 1. The zero-order chi connectivity index (χ0) is 15.5. The summed E-state index contributed by atoms with van der Waals surface area (Å²) in [5, 5.41) is 22.9. The third-order valence-electron chi connectivity index (χ3n) is 3.86. The lowest BCUT2D eigenvalue weighted by Gasteiger charge is -2.22. The second kappa shape index (κ2) is 6.46. The maximum atomic E-state index is 10.1. The first-order valence-electron chi connectivity index (χ1n) is 7.62. The molecule has 0 radical (unpaired) electrons. The monoisotopic (exact) mass is 287 g/mol. The SMILES string of the molecule is CC(C)CNCc1ccc(N2CCC(C)(O)C2)c(C#N)c1. The first-order chi connectivity index (χ1) is 9.91. The van der Waals surface area contributed by atoms with E-state index in [1.165, 1.54) is 0 Å². The average Bonchev–Trinajstić information content (AvgIpc) is 2.78. The van der Waals surface area contributed by atoms with Crippen molar-refractivity contribution in [1.29, 1.82) is 5.26 Å². The van der Waals surface area contributed by atoms with E-state index in [9.17, 15) is 10.4 Å². The van der Waals surface area contributed by atoms with Crippen LogP contribution in [0.2, 0.25) is 0 Å². The van der Waals surface area contributed by atoms with Crippen LogP contribution in [-0.4, -0.2) is 30.3 Å². The predicted molar refractivity (Wildman–Crippen MR) is 85.2 cm³/mol. The molecule has 1 unspecified atom stereocenters. The lowest BCUT2D eigenvalue weighted by molar-refractivity contribution is 0.0839. The van der Waals surface area contributed by atoms with Gasteiger partial charge in [0.25, 0.3) is 0 Å². The summed E-state index contributed by atoms with van der Waals surface area (Å²) in [6, 6.07) is 8.31. The molecule has 1 heterocycles. The molecule has 0 saturated carbocycles. The minimum Gasteiger partial charge on any atom is -0.388 e. The van der Waals surface area contributed by atoms with E-state index in [2.05, 4.69) is 36.2 Å². The molecule has 1 aromatic carbocycles. The Labute approximate surface area is 127 Å². The van der Waals surface area contributed by atoms with Crippen molar-refractivity contribution in [2.75, 3.05) is 24.5 Å². The minimum atomic E-state index is -0.649. The molecule has 0 spiro atoms. The number of hydrogen-bond donors (Lipinski definition) is 2. The smallest absolute Gasteiger partial charge is 0.101 e. The quantitative estimate of drug-likeness (QED) is 0.872. The van der Waals surface area contributed by atoms with Gasteiger partial charge in [-0.25, -0.2) is 0 Å². The van der Waals surface area contributed by atoms with Gasteiger partial charge in [0.15, 0.2) is 0 Å². The average molecular weight is 287 g/mol. The molecular weight excluding hydrogens is 262 g/mol. The Morgan fingerprint density at radius 3 is 2.81 bits per heavy atom. The topological polar surface area (TPSA) is 59.3 Å². The first kappa shape index (κ1) is 15.8. The van der Waals surface area contributed by atoms with Crippen molar-refractivity contribution < 1.29 is 5.11 Å². The normalized spacial score (nSPS) is 21.8. The Morgan fingerprint density at radius 1 is 1.48 bits per heavy atom. The Balaban J connectivity index is 2.09. The molecule has 1 aliphatic heterocycles. The van der Waals surface area contributed by atoms with E-state index in [4.69, 9.17) is 0 Å². The van der Waals surface area contributed by atoms with E-state index in [0.29, 0.717) is 18.0 Å². The second-order valence-electron chi connectivity index (χ2n) is 6.66. The van der Waals surface area contributed by atoms with Crippen molar-refractivity contribution in [3.63, 3.8) is 0 Å². The number of rotatable bonds is 5. The highest BCUT2D eigenvalue weighted by molar-refractivity contribution is 5.61. The van der Waals surface area contributed by atoms with E-state index in [1.54, 1.807) is 0 Å². The van der Waals surface area contributed by atoms with Crippen LogP contribution in [0, 0.1) is 17.2 Å². The molecule has 1 atom stereocenters. The van der Waals surface area contributed by atoms with Gasteiger partial charge in [0.05, 0.1) is 16.9 Å². The highest BCUT2D eigenvalue weighted by Gasteiger charge is 2.32. The fourth-order valence-corrected chi connectivity index (χ4v) is 2.71. The third kappa shape index (κ3) is 4.20. The molecule has 0 aliphatic carbocycles. The van der Waals surface area contributed by atoms with E-state index < -0.39 is 5.60 Å². The lowest BCUT2D eigenvalue weighted by Crippen LogP contribution is -2.30. The number of hydrogen-bond acceptors (Lipinski definition) is 4. The molecule has 114 valence electrons. The fraction of sp³-hybridized carbons (Fsp3) is 0.588. The van der Waals surface area contributed by atoms with Crippen LogP contribution < -0.4 is 10.2 Å². The molecule has 4 nitrogen and oxygen atoms in total. The Bertz CT molecular complexity index is 531. The second-order valence-corrected chi connectivity index (χ2v) is 6.66. The minimum absolute atomic E-state index is 0.590. The largest absolute Gasteiger partial charge is 0.388 e. The summed E-state index contributed by atoms with van der Waals surface area (Å²) in [4.78, 5) is 2.10. The number of aliphatic hydroxyl groups is 1. The van der Waals surface area contributed by atoms with Gasteiger partial charge in [0.2, 0.25) is 0 Å². The predicted octanol–water partition coefficient (Wildman–Crippen LogP) is 2.26. The molecular formula is C17H25N3O. The van der Waals surface area contributed by atoms with Gasteiger partial charge in [-0.3, -0.25) is 0 Å². The zero-order valence-corrected chi connectivity index (χ0v) is 13.2. The van der Waals surface area contributed by atoms with Gasteiger partial charge < -0.3 is 15.3 Å². The van der Waals surface area contributed by atoms with E-state index in [1.807, 2.05) is 19.1 Å². The standard InChI is InChI=1S/C17H25N3O/c1-13(2)10-19-11-14-4-5-16(15(8-14)9-18)20-7-6-17(3,21)12-20/h4-5,8,13,19,21H,6-7,10-12H2,1-3H3. The summed E-state index contributed by atoms with van der Waals surface area (Å²) in [5.74, 6) is 0.617. The maximum absolute atomic E-state index is 10.1. The van der Waals surface area contributed by atoms with Crippen LogP contribution in [0.1, 0.15) is 38.3 Å². The van der Waals surface area contributed by atoms with Gasteiger partial charge in [-0.2, -0.15) is 5.26 Å². The van der Waals surface area contributed by atoms with Crippen molar-refractivity contribution in [3.8, 4) is 6.07 Å². The van der Waals surface area contributed by atoms with Crippen LogP contribution in [0.4, 0.5) is 5.69 Å². The molecule has 0 aromatic heterocycles. The number of nitrogens with one attached hydrogen (secondary N) is 1. The van der Waals surface area contributed by atoms with E-state index in [0.717, 1.165) is 37.3 Å². The molecule has 2 rings (SSSR count). The summed E-state index contributed by atoms with van der Waals surface area (Å²) in [7, 11) is 0. The zero-order valence-electron chi connectivity index (χ0n) is 13.2. The Hall–Kier alpha value is -1.57. The molecule has 1 saturated heterocycles. The first-order valence-corrected chi connectivity index (χ1v) is 7.62. The van der Waals surface area contributed by atoms with Crippen LogP contribution in [0.15, 0.2) is 18.2 Å².